The van der Waals surface area contributed by atoms with Crippen LogP contribution in [0.2, 0.25) is 0 Å². The number of hydrogen-bond donors (Lipinski definition) is 0. The summed E-state index contributed by atoms with van der Waals surface area (Å²) in [6.45, 7) is 1.89. The molecular formula is C14H12F3N3O2. The van der Waals surface area contributed by atoms with E-state index in [9.17, 15) is 18.0 Å². The van der Waals surface area contributed by atoms with Gasteiger partial charge in [0.05, 0.1) is 11.5 Å². The number of halogens is 3. The number of anilines is 1. The summed E-state index contributed by atoms with van der Waals surface area (Å²) in [6.07, 6.45) is -4.31. The molecule has 1 fully saturated rings. The lowest BCUT2D eigenvalue weighted by Crippen LogP contribution is -2.24. The first-order chi connectivity index (χ1) is 10.3. The van der Waals surface area contributed by atoms with Gasteiger partial charge in [0.15, 0.2) is 5.82 Å². The molecule has 0 aliphatic carbocycles. The zero-order valence-corrected chi connectivity index (χ0v) is 11.6. The highest BCUT2D eigenvalue weighted by atomic mass is 19.4. The summed E-state index contributed by atoms with van der Waals surface area (Å²) in [7, 11) is 0. The maximum atomic E-state index is 12.8. The van der Waals surface area contributed by atoms with Gasteiger partial charge in [0.1, 0.15) is 0 Å². The second-order valence-electron chi connectivity index (χ2n) is 5.13. The third kappa shape index (κ3) is 2.68. The maximum absolute atomic E-state index is 12.8. The van der Waals surface area contributed by atoms with Crippen molar-refractivity contribution in [1.29, 1.82) is 0 Å². The molecule has 1 saturated heterocycles. The van der Waals surface area contributed by atoms with Gasteiger partial charge in [-0.15, -0.1) is 0 Å². The molecule has 0 radical (unpaired) electrons. The van der Waals surface area contributed by atoms with Crippen LogP contribution < -0.4 is 4.90 Å². The van der Waals surface area contributed by atoms with Gasteiger partial charge >= 0.3 is 6.18 Å². The Balaban J connectivity index is 1.85. The predicted octanol–water partition coefficient (Wildman–Crippen LogP) is 2.92. The van der Waals surface area contributed by atoms with Crippen LogP contribution in [0.15, 0.2) is 28.8 Å². The quantitative estimate of drug-likeness (QED) is 0.855. The van der Waals surface area contributed by atoms with Crippen LogP contribution in [-0.2, 0) is 11.0 Å². The van der Waals surface area contributed by atoms with Crippen molar-refractivity contribution in [2.24, 2.45) is 0 Å². The van der Waals surface area contributed by atoms with Gasteiger partial charge in [-0.25, -0.2) is 0 Å². The van der Waals surface area contributed by atoms with Crippen molar-refractivity contribution in [1.82, 2.24) is 10.1 Å². The van der Waals surface area contributed by atoms with Gasteiger partial charge < -0.3 is 9.42 Å². The number of hydrogen-bond acceptors (Lipinski definition) is 4. The van der Waals surface area contributed by atoms with E-state index in [0.717, 1.165) is 12.1 Å². The number of carbonyl (C=O) groups excluding carboxylic acids is 1. The van der Waals surface area contributed by atoms with Crippen molar-refractivity contribution in [3.05, 3.63) is 41.5 Å². The van der Waals surface area contributed by atoms with Gasteiger partial charge in [-0.2, -0.15) is 18.2 Å². The Bertz CT molecular complexity index is 711. The molecular weight excluding hydrogens is 299 g/mol. The van der Waals surface area contributed by atoms with E-state index in [0.29, 0.717) is 11.7 Å². The van der Waals surface area contributed by atoms with Crippen LogP contribution in [0.1, 0.15) is 29.6 Å². The summed E-state index contributed by atoms with van der Waals surface area (Å²) in [5.74, 6) is 0.226. The van der Waals surface area contributed by atoms with E-state index in [4.69, 9.17) is 4.52 Å². The summed E-state index contributed by atoms with van der Waals surface area (Å²) >= 11 is 0. The molecule has 116 valence electrons. The molecule has 1 unspecified atom stereocenters. The van der Waals surface area contributed by atoms with Crippen LogP contribution in [0.25, 0.3) is 0 Å². The maximum Gasteiger partial charge on any atom is 0.416 e. The number of aromatic nitrogens is 2. The van der Waals surface area contributed by atoms with Crippen molar-refractivity contribution in [2.75, 3.05) is 11.4 Å². The molecule has 22 heavy (non-hydrogen) atoms. The summed E-state index contributed by atoms with van der Waals surface area (Å²) < 4.78 is 43.3. The first-order valence-electron chi connectivity index (χ1n) is 6.62. The SMILES string of the molecule is Cc1noc(C2CC(=O)N(c3cccc(C(F)(F)F)c3)C2)n1. The summed E-state index contributed by atoms with van der Waals surface area (Å²) in [5.41, 5.74) is -0.562. The predicted molar refractivity (Wildman–Crippen MR) is 70.2 cm³/mol. The Morgan fingerprint density at radius 3 is 2.77 bits per heavy atom. The lowest BCUT2D eigenvalue weighted by molar-refractivity contribution is -0.137. The number of alkyl halides is 3. The topological polar surface area (TPSA) is 59.2 Å². The van der Waals surface area contributed by atoms with Crippen LogP contribution in [0, 0.1) is 6.92 Å². The van der Waals surface area contributed by atoms with Crippen LogP contribution in [-0.4, -0.2) is 22.6 Å². The van der Waals surface area contributed by atoms with E-state index in [1.165, 1.54) is 17.0 Å². The fourth-order valence-corrected chi connectivity index (χ4v) is 2.45. The van der Waals surface area contributed by atoms with Crippen LogP contribution in [0.4, 0.5) is 18.9 Å². The Hall–Kier alpha value is -2.38. The number of carbonyl (C=O) groups is 1. The van der Waals surface area contributed by atoms with Gasteiger partial charge in [0.25, 0.3) is 0 Å². The zero-order chi connectivity index (χ0) is 15.9. The highest BCUT2D eigenvalue weighted by Crippen LogP contribution is 2.35. The third-order valence-corrected chi connectivity index (χ3v) is 3.50. The lowest BCUT2D eigenvalue weighted by atomic mass is 10.1. The van der Waals surface area contributed by atoms with E-state index in [1.807, 2.05) is 0 Å². The Labute approximate surface area is 123 Å². The molecule has 3 rings (SSSR count). The fourth-order valence-electron chi connectivity index (χ4n) is 2.45. The monoisotopic (exact) mass is 311 g/mol. The Morgan fingerprint density at radius 2 is 2.14 bits per heavy atom. The van der Waals surface area contributed by atoms with Crippen molar-refractivity contribution < 1.29 is 22.5 Å². The van der Waals surface area contributed by atoms with Crippen molar-refractivity contribution in [3.63, 3.8) is 0 Å². The molecule has 5 nitrogen and oxygen atoms in total. The second-order valence-corrected chi connectivity index (χ2v) is 5.13. The smallest absolute Gasteiger partial charge is 0.339 e. The Morgan fingerprint density at radius 1 is 1.36 bits per heavy atom. The number of aryl methyl sites for hydroxylation is 1. The fraction of sp³-hybridized carbons (Fsp3) is 0.357. The number of benzene rings is 1. The standard InChI is InChI=1S/C14H12F3N3O2/c1-8-18-13(22-19-8)9-5-12(21)20(7-9)11-4-2-3-10(6-11)14(15,16)17/h2-4,6,9H,5,7H2,1H3. The number of rotatable bonds is 2. The molecule has 0 N–H and O–H groups in total. The van der Waals surface area contributed by atoms with Gasteiger partial charge in [-0.1, -0.05) is 11.2 Å². The zero-order valence-electron chi connectivity index (χ0n) is 11.6. The van der Waals surface area contributed by atoms with E-state index >= 15 is 0 Å². The van der Waals surface area contributed by atoms with Gasteiger partial charge in [-0.3, -0.25) is 4.79 Å². The van der Waals surface area contributed by atoms with Gasteiger partial charge in [-0.05, 0) is 25.1 Å². The van der Waals surface area contributed by atoms with Gasteiger partial charge in [0, 0.05) is 18.7 Å². The summed E-state index contributed by atoms with van der Waals surface area (Å²) in [6, 6.07) is 4.71. The van der Waals surface area contributed by atoms with Crippen LogP contribution in [0.3, 0.4) is 0 Å². The summed E-state index contributed by atoms with van der Waals surface area (Å²) in [4.78, 5) is 17.5. The molecule has 1 aromatic carbocycles. The van der Waals surface area contributed by atoms with E-state index in [-0.39, 0.29) is 30.5 Å². The number of nitrogens with zero attached hydrogens (tertiary/aromatic N) is 3. The van der Waals surface area contributed by atoms with E-state index in [1.54, 1.807) is 6.92 Å². The van der Waals surface area contributed by atoms with E-state index < -0.39 is 11.7 Å². The molecule has 0 saturated carbocycles. The Kier molecular flexibility index (Phi) is 3.38. The minimum absolute atomic E-state index is 0.137. The average molecular weight is 311 g/mol. The number of amides is 1. The molecule has 1 aliphatic rings. The second kappa shape index (κ2) is 5.11. The van der Waals surface area contributed by atoms with Gasteiger partial charge in [0.2, 0.25) is 11.8 Å². The molecule has 1 atom stereocenters. The van der Waals surface area contributed by atoms with Crippen molar-refractivity contribution in [3.8, 4) is 0 Å². The normalized spacial score (nSPS) is 19.0. The highest BCUT2D eigenvalue weighted by molar-refractivity contribution is 5.96. The largest absolute Gasteiger partial charge is 0.416 e. The lowest BCUT2D eigenvalue weighted by Gasteiger charge is -2.17. The average Bonchev–Trinajstić information content (AvgIpc) is 3.04. The molecule has 0 spiro atoms. The molecule has 1 aliphatic heterocycles. The van der Waals surface area contributed by atoms with Crippen LogP contribution >= 0.6 is 0 Å². The molecule has 2 aromatic rings. The first kappa shape index (κ1) is 14.6. The molecule has 1 aromatic heterocycles. The highest BCUT2D eigenvalue weighted by Gasteiger charge is 2.36. The minimum atomic E-state index is -4.44. The molecule has 0 bridgehead atoms. The molecule has 1 amide bonds. The third-order valence-electron chi connectivity index (χ3n) is 3.50. The molecule has 8 heteroatoms. The van der Waals surface area contributed by atoms with Crippen LogP contribution in [0.5, 0.6) is 0 Å². The molecule has 2 heterocycles. The van der Waals surface area contributed by atoms with E-state index in [2.05, 4.69) is 10.1 Å². The van der Waals surface area contributed by atoms with Crippen molar-refractivity contribution in [2.45, 2.75) is 25.4 Å². The van der Waals surface area contributed by atoms with Crippen molar-refractivity contribution >= 4 is 11.6 Å². The minimum Gasteiger partial charge on any atom is -0.339 e. The summed E-state index contributed by atoms with van der Waals surface area (Å²) in [5, 5.41) is 3.67. The first-order valence-corrected chi connectivity index (χ1v) is 6.62.